The van der Waals surface area contributed by atoms with Gasteiger partial charge in [0.25, 0.3) is 5.89 Å². The second kappa shape index (κ2) is 6.52. The van der Waals surface area contributed by atoms with Crippen molar-refractivity contribution >= 4 is 0 Å². The van der Waals surface area contributed by atoms with Crippen LogP contribution in [0.15, 0.2) is 53.3 Å². The maximum atomic E-state index is 5.40. The Kier molecular flexibility index (Phi) is 4.28. The maximum Gasteiger partial charge on any atom is 0.258 e. The lowest BCUT2D eigenvalue weighted by atomic mass is 10.0. The summed E-state index contributed by atoms with van der Waals surface area (Å²) in [4.78, 5) is 8.48. The van der Waals surface area contributed by atoms with Crippen LogP contribution in [0.2, 0.25) is 0 Å². The summed E-state index contributed by atoms with van der Waals surface area (Å²) in [7, 11) is 0. The van der Waals surface area contributed by atoms with Crippen LogP contribution in [-0.4, -0.2) is 15.1 Å². The molecule has 0 saturated carbocycles. The molecule has 0 aliphatic rings. The Morgan fingerprint density at radius 2 is 1.86 bits per heavy atom. The topological polar surface area (TPSA) is 51.8 Å². The van der Waals surface area contributed by atoms with Gasteiger partial charge in [-0.05, 0) is 48.6 Å². The van der Waals surface area contributed by atoms with Crippen molar-refractivity contribution in [3.05, 3.63) is 54.4 Å². The van der Waals surface area contributed by atoms with Gasteiger partial charge in [-0.15, -0.1) is 0 Å². The molecule has 112 valence electrons. The third kappa shape index (κ3) is 3.39. The van der Waals surface area contributed by atoms with Crippen molar-refractivity contribution in [2.24, 2.45) is 5.92 Å². The van der Waals surface area contributed by atoms with Gasteiger partial charge in [-0.3, -0.25) is 4.98 Å². The molecule has 0 aliphatic heterocycles. The van der Waals surface area contributed by atoms with Gasteiger partial charge in [-0.2, -0.15) is 4.98 Å². The number of nitrogens with zero attached hydrogens (tertiary/aromatic N) is 3. The molecule has 0 saturated heterocycles. The molecular weight excluding hydrogens is 274 g/mol. The van der Waals surface area contributed by atoms with Gasteiger partial charge in [0.15, 0.2) is 0 Å². The predicted molar refractivity (Wildman–Crippen MR) is 86.1 cm³/mol. The highest BCUT2D eigenvalue weighted by atomic mass is 16.5. The Labute approximate surface area is 130 Å². The minimum absolute atomic E-state index is 0.554. The summed E-state index contributed by atoms with van der Waals surface area (Å²) in [5.41, 5.74) is 3.17. The fraction of sp³-hybridized carbons (Fsp3) is 0.278. The summed E-state index contributed by atoms with van der Waals surface area (Å²) < 4.78 is 5.40. The van der Waals surface area contributed by atoms with E-state index in [1.54, 1.807) is 12.4 Å². The lowest BCUT2D eigenvalue weighted by Gasteiger charge is -2.05. The van der Waals surface area contributed by atoms with E-state index < -0.39 is 0 Å². The number of benzene rings is 1. The lowest BCUT2D eigenvalue weighted by molar-refractivity contribution is 0.432. The van der Waals surface area contributed by atoms with Gasteiger partial charge in [0.05, 0.1) is 0 Å². The third-order valence-corrected chi connectivity index (χ3v) is 3.55. The fourth-order valence-electron chi connectivity index (χ4n) is 2.27. The predicted octanol–water partition coefficient (Wildman–Crippen LogP) is 4.39. The average Bonchev–Trinajstić information content (AvgIpc) is 3.04. The van der Waals surface area contributed by atoms with E-state index in [-0.39, 0.29) is 0 Å². The smallest absolute Gasteiger partial charge is 0.258 e. The van der Waals surface area contributed by atoms with Crippen LogP contribution in [0.1, 0.15) is 25.8 Å². The van der Waals surface area contributed by atoms with Crippen molar-refractivity contribution in [2.45, 2.75) is 26.7 Å². The zero-order valence-corrected chi connectivity index (χ0v) is 12.9. The molecule has 1 aromatic carbocycles. The first kappa shape index (κ1) is 14.4. The van der Waals surface area contributed by atoms with E-state index in [4.69, 9.17) is 4.52 Å². The summed E-state index contributed by atoms with van der Waals surface area (Å²) in [5, 5.41) is 4.05. The van der Waals surface area contributed by atoms with E-state index >= 15 is 0 Å². The van der Waals surface area contributed by atoms with E-state index in [1.807, 2.05) is 24.3 Å². The van der Waals surface area contributed by atoms with E-state index in [1.165, 1.54) is 12.0 Å². The molecule has 4 nitrogen and oxygen atoms in total. The van der Waals surface area contributed by atoms with E-state index in [0.29, 0.717) is 17.6 Å². The number of aromatic nitrogens is 3. The number of hydrogen-bond donors (Lipinski definition) is 0. The molecule has 0 N–H and O–H groups in total. The fourth-order valence-corrected chi connectivity index (χ4v) is 2.27. The van der Waals surface area contributed by atoms with E-state index in [2.05, 4.69) is 41.1 Å². The van der Waals surface area contributed by atoms with Crippen molar-refractivity contribution in [3.63, 3.8) is 0 Å². The first-order valence-electron chi connectivity index (χ1n) is 7.56. The van der Waals surface area contributed by atoms with Crippen LogP contribution in [0.25, 0.3) is 22.8 Å². The molecule has 0 atom stereocenters. The summed E-state index contributed by atoms with van der Waals surface area (Å²) in [6, 6.07) is 12.1. The first-order chi connectivity index (χ1) is 10.7. The molecule has 0 aliphatic carbocycles. The highest BCUT2D eigenvalue weighted by Crippen LogP contribution is 2.23. The lowest BCUT2D eigenvalue weighted by Crippen LogP contribution is -1.92. The van der Waals surface area contributed by atoms with Crippen LogP contribution in [0.3, 0.4) is 0 Å². The van der Waals surface area contributed by atoms with Gasteiger partial charge >= 0.3 is 0 Å². The molecule has 4 heteroatoms. The number of hydrogen-bond acceptors (Lipinski definition) is 4. The summed E-state index contributed by atoms with van der Waals surface area (Å²) >= 11 is 0. The Morgan fingerprint density at radius 3 is 2.64 bits per heavy atom. The molecular formula is C18H19N3O. The molecule has 3 rings (SSSR count). The second-order valence-corrected chi connectivity index (χ2v) is 5.79. The Morgan fingerprint density at radius 1 is 1.05 bits per heavy atom. The van der Waals surface area contributed by atoms with Gasteiger partial charge in [0.2, 0.25) is 5.82 Å². The normalized spacial score (nSPS) is 11.0. The maximum absolute atomic E-state index is 5.40. The molecule has 2 aromatic heterocycles. The van der Waals surface area contributed by atoms with Gasteiger partial charge < -0.3 is 4.52 Å². The van der Waals surface area contributed by atoms with Crippen LogP contribution >= 0.6 is 0 Å². The Hall–Kier alpha value is -2.49. The van der Waals surface area contributed by atoms with E-state index in [9.17, 15) is 0 Å². The molecule has 0 unspecified atom stereocenters. The molecule has 0 bridgehead atoms. The number of pyridine rings is 1. The highest BCUT2D eigenvalue weighted by Gasteiger charge is 2.11. The van der Waals surface area contributed by atoms with E-state index in [0.717, 1.165) is 17.5 Å². The summed E-state index contributed by atoms with van der Waals surface area (Å²) in [6.45, 7) is 4.48. The molecule has 0 fully saturated rings. The molecule has 3 aromatic rings. The van der Waals surface area contributed by atoms with Crippen LogP contribution in [-0.2, 0) is 6.42 Å². The zero-order valence-electron chi connectivity index (χ0n) is 12.9. The Balaban J connectivity index is 1.83. The molecule has 2 heterocycles. The van der Waals surface area contributed by atoms with Crippen molar-refractivity contribution in [2.75, 3.05) is 0 Å². The van der Waals surface area contributed by atoms with Crippen molar-refractivity contribution < 1.29 is 4.52 Å². The summed E-state index contributed by atoms with van der Waals surface area (Å²) in [6.07, 6.45) is 5.68. The SMILES string of the molecule is CC(C)CCc1cccc(-c2nc(-c3ccncc3)no2)c1. The average molecular weight is 293 g/mol. The van der Waals surface area contributed by atoms with Crippen molar-refractivity contribution in [1.29, 1.82) is 0 Å². The number of rotatable bonds is 5. The van der Waals surface area contributed by atoms with Gasteiger partial charge in [-0.1, -0.05) is 31.1 Å². The molecule has 22 heavy (non-hydrogen) atoms. The first-order valence-corrected chi connectivity index (χ1v) is 7.56. The largest absolute Gasteiger partial charge is 0.334 e. The van der Waals surface area contributed by atoms with Crippen LogP contribution in [0.4, 0.5) is 0 Å². The minimum Gasteiger partial charge on any atom is -0.334 e. The van der Waals surface area contributed by atoms with Crippen LogP contribution < -0.4 is 0 Å². The van der Waals surface area contributed by atoms with Crippen molar-refractivity contribution in [3.8, 4) is 22.8 Å². The standard InChI is InChI=1S/C18H19N3O/c1-13(2)6-7-14-4-3-5-16(12-14)18-20-17(21-22-18)15-8-10-19-11-9-15/h3-5,8-13H,6-7H2,1-2H3. The quantitative estimate of drug-likeness (QED) is 0.700. The van der Waals surface area contributed by atoms with Crippen molar-refractivity contribution in [1.82, 2.24) is 15.1 Å². The Bertz CT molecular complexity index is 735. The zero-order chi connectivity index (χ0) is 15.4. The van der Waals surface area contributed by atoms with Crippen LogP contribution in [0.5, 0.6) is 0 Å². The monoisotopic (exact) mass is 293 g/mol. The van der Waals surface area contributed by atoms with Gasteiger partial charge in [0.1, 0.15) is 0 Å². The third-order valence-electron chi connectivity index (χ3n) is 3.55. The molecule has 0 radical (unpaired) electrons. The second-order valence-electron chi connectivity index (χ2n) is 5.79. The summed E-state index contributed by atoms with van der Waals surface area (Å²) in [5.74, 6) is 1.84. The van der Waals surface area contributed by atoms with Crippen LogP contribution in [0, 0.1) is 5.92 Å². The van der Waals surface area contributed by atoms with Gasteiger partial charge in [-0.25, -0.2) is 0 Å². The number of aryl methyl sites for hydroxylation is 1. The molecule has 0 amide bonds. The minimum atomic E-state index is 0.554. The van der Waals surface area contributed by atoms with Gasteiger partial charge in [0, 0.05) is 23.5 Å². The molecule has 0 spiro atoms. The highest BCUT2D eigenvalue weighted by molar-refractivity contribution is 5.59.